The second-order valence-corrected chi connectivity index (χ2v) is 8.04. The topological polar surface area (TPSA) is 82.5 Å². The number of piperidine rings is 1. The van der Waals surface area contributed by atoms with Crippen LogP contribution in [0.5, 0.6) is 0 Å². The Morgan fingerprint density at radius 1 is 1.18 bits per heavy atom. The Morgan fingerprint density at radius 2 is 1.89 bits per heavy atom. The lowest BCUT2D eigenvalue weighted by Gasteiger charge is -2.42. The summed E-state index contributed by atoms with van der Waals surface area (Å²) in [6, 6.07) is 3.86. The van der Waals surface area contributed by atoms with Crippen LogP contribution in [0.15, 0.2) is 17.9 Å². The zero-order chi connectivity index (χ0) is 20.1. The smallest absolute Gasteiger partial charge is 0.282 e. The first-order valence-electron chi connectivity index (χ1n) is 9.93. The minimum atomic E-state index is -0.969. The van der Waals surface area contributed by atoms with E-state index in [2.05, 4.69) is 0 Å². The molecule has 2 saturated heterocycles. The number of aliphatic hydroxyl groups excluding tert-OH is 1. The van der Waals surface area contributed by atoms with E-state index in [4.69, 9.17) is 9.57 Å². The maximum Gasteiger partial charge on any atom is 0.282 e. The number of hydroxylamine groups is 4. The number of hydrogen-bond donors (Lipinski definition) is 2. The summed E-state index contributed by atoms with van der Waals surface area (Å²) in [5.74, 6) is -0.305. The van der Waals surface area contributed by atoms with Crippen LogP contribution in [-0.2, 0) is 14.4 Å². The minimum Gasteiger partial charge on any atom is -0.509 e. The van der Waals surface area contributed by atoms with E-state index in [1.807, 2.05) is 32.9 Å². The summed E-state index contributed by atoms with van der Waals surface area (Å²) in [6.07, 6.45) is 1.89. The van der Waals surface area contributed by atoms with E-state index >= 15 is 0 Å². The molecular weight excluding hydrogens is 360 g/mol. The minimum absolute atomic E-state index is 0.0370. The van der Waals surface area contributed by atoms with E-state index in [1.165, 1.54) is 10.1 Å². The van der Waals surface area contributed by atoms with Gasteiger partial charge in [0.2, 0.25) is 0 Å². The van der Waals surface area contributed by atoms with Gasteiger partial charge in [-0.05, 0) is 62.3 Å². The zero-order valence-electron chi connectivity index (χ0n) is 16.7. The lowest BCUT2D eigenvalue weighted by molar-refractivity contribution is -0.290. The molecule has 2 fully saturated rings. The van der Waals surface area contributed by atoms with Crippen LogP contribution >= 0.6 is 0 Å². The molecule has 3 heterocycles. The number of rotatable bonds is 3. The van der Waals surface area contributed by atoms with Crippen molar-refractivity contribution >= 4 is 11.5 Å². The summed E-state index contributed by atoms with van der Waals surface area (Å²) in [7, 11) is 0. The fourth-order valence-corrected chi connectivity index (χ4v) is 4.40. The third-order valence-electron chi connectivity index (χ3n) is 6.47. The fraction of sp³-hybridized carbons (Fsp3) is 0.571. The molecule has 1 aromatic carbocycles. The maximum absolute atomic E-state index is 13.5. The predicted molar refractivity (Wildman–Crippen MR) is 102 cm³/mol. The molecule has 7 nitrogen and oxygen atoms in total. The summed E-state index contributed by atoms with van der Waals surface area (Å²) in [5.41, 5.74) is 3.28. The van der Waals surface area contributed by atoms with Gasteiger partial charge in [0.1, 0.15) is 11.3 Å². The van der Waals surface area contributed by atoms with Gasteiger partial charge >= 0.3 is 0 Å². The van der Waals surface area contributed by atoms with Crippen molar-refractivity contribution in [1.29, 1.82) is 0 Å². The van der Waals surface area contributed by atoms with Gasteiger partial charge in [0.15, 0.2) is 6.29 Å². The number of ether oxygens (including phenoxy) is 1. The van der Waals surface area contributed by atoms with Crippen molar-refractivity contribution in [1.82, 2.24) is 10.1 Å². The molecule has 1 unspecified atom stereocenters. The van der Waals surface area contributed by atoms with Crippen molar-refractivity contribution in [3.63, 3.8) is 0 Å². The first-order chi connectivity index (χ1) is 13.3. The molecule has 28 heavy (non-hydrogen) atoms. The molecule has 1 aromatic rings. The SMILES string of the molecule is Cc1ccc(C2=C(O)C3(CCN(O)CC3)N(OC3CCCO3)C2=O)c(C)c1C. The summed E-state index contributed by atoms with van der Waals surface area (Å²) in [6.45, 7) is 7.32. The molecule has 0 aromatic heterocycles. The largest absolute Gasteiger partial charge is 0.509 e. The van der Waals surface area contributed by atoms with Gasteiger partial charge in [0.05, 0.1) is 12.2 Å². The molecule has 7 heteroatoms. The summed E-state index contributed by atoms with van der Waals surface area (Å²) in [4.78, 5) is 19.4. The third-order valence-corrected chi connectivity index (χ3v) is 6.47. The average molecular weight is 388 g/mol. The van der Waals surface area contributed by atoms with Crippen molar-refractivity contribution in [2.75, 3.05) is 19.7 Å². The van der Waals surface area contributed by atoms with Gasteiger partial charge in [-0.25, -0.2) is 9.90 Å². The number of carbonyl (C=O) groups excluding carboxylic acids is 1. The van der Waals surface area contributed by atoms with Crippen molar-refractivity contribution < 1.29 is 24.7 Å². The number of aliphatic hydroxyl groups is 1. The van der Waals surface area contributed by atoms with Gasteiger partial charge in [-0.15, -0.1) is 0 Å². The Bertz CT molecular complexity index is 820. The van der Waals surface area contributed by atoms with Gasteiger partial charge in [-0.3, -0.25) is 4.79 Å². The molecule has 0 bridgehead atoms. The van der Waals surface area contributed by atoms with Crippen molar-refractivity contribution in [2.24, 2.45) is 0 Å². The normalized spacial score (nSPS) is 25.4. The number of hydrogen-bond acceptors (Lipinski definition) is 6. The number of nitrogens with zero attached hydrogens (tertiary/aromatic N) is 2. The first-order valence-corrected chi connectivity index (χ1v) is 9.93. The number of benzene rings is 1. The molecule has 0 radical (unpaired) electrons. The van der Waals surface area contributed by atoms with Crippen LogP contribution in [0.3, 0.4) is 0 Å². The third kappa shape index (κ3) is 2.93. The Morgan fingerprint density at radius 3 is 2.54 bits per heavy atom. The Kier molecular flexibility index (Phi) is 4.95. The molecule has 1 spiro atoms. The van der Waals surface area contributed by atoms with Crippen LogP contribution in [0, 0.1) is 20.8 Å². The monoisotopic (exact) mass is 388 g/mol. The van der Waals surface area contributed by atoms with Gasteiger partial charge in [0.25, 0.3) is 5.91 Å². The zero-order valence-corrected chi connectivity index (χ0v) is 16.7. The van der Waals surface area contributed by atoms with Gasteiger partial charge in [-0.2, -0.15) is 5.06 Å². The highest BCUT2D eigenvalue weighted by atomic mass is 16.8. The second kappa shape index (κ2) is 7.15. The quantitative estimate of drug-likeness (QED) is 0.828. The highest BCUT2D eigenvalue weighted by Crippen LogP contribution is 2.46. The second-order valence-electron chi connectivity index (χ2n) is 8.04. The highest BCUT2D eigenvalue weighted by molar-refractivity contribution is 6.23. The van der Waals surface area contributed by atoms with E-state index in [-0.39, 0.29) is 11.7 Å². The van der Waals surface area contributed by atoms with Gasteiger partial charge in [-0.1, -0.05) is 12.1 Å². The first kappa shape index (κ1) is 19.4. The van der Waals surface area contributed by atoms with Crippen molar-refractivity contribution in [2.45, 2.75) is 58.3 Å². The Balaban J connectivity index is 1.78. The molecule has 2 N–H and O–H groups in total. The fourth-order valence-electron chi connectivity index (χ4n) is 4.40. The van der Waals surface area contributed by atoms with Crippen molar-refractivity contribution in [3.05, 3.63) is 40.1 Å². The number of carbonyl (C=O) groups is 1. The van der Waals surface area contributed by atoms with E-state index < -0.39 is 11.8 Å². The van der Waals surface area contributed by atoms with Crippen LogP contribution in [0.4, 0.5) is 0 Å². The van der Waals surface area contributed by atoms with Crippen LogP contribution < -0.4 is 0 Å². The molecular formula is C21H28N2O5. The Hall–Kier alpha value is -1.93. The molecule has 1 amide bonds. The predicted octanol–water partition coefficient (Wildman–Crippen LogP) is 3.02. The average Bonchev–Trinajstić information content (AvgIpc) is 3.26. The maximum atomic E-state index is 13.5. The molecule has 1 atom stereocenters. The van der Waals surface area contributed by atoms with Gasteiger partial charge in [0, 0.05) is 19.5 Å². The lowest BCUT2D eigenvalue weighted by Crippen LogP contribution is -2.55. The van der Waals surface area contributed by atoms with E-state index in [0.29, 0.717) is 44.5 Å². The van der Waals surface area contributed by atoms with Gasteiger partial charge < -0.3 is 15.1 Å². The number of aryl methyl sites for hydroxylation is 1. The Labute approximate surface area is 165 Å². The molecule has 0 saturated carbocycles. The van der Waals surface area contributed by atoms with Crippen LogP contribution in [0.1, 0.15) is 47.9 Å². The van der Waals surface area contributed by atoms with E-state index in [0.717, 1.165) is 28.7 Å². The van der Waals surface area contributed by atoms with Crippen LogP contribution in [-0.4, -0.2) is 57.9 Å². The van der Waals surface area contributed by atoms with E-state index in [9.17, 15) is 15.1 Å². The highest BCUT2D eigenvalue weighted by Gasteiger charge is 2.56. The number of amides is 1. The van der Waals surface area contributed by atoms with E-state index in [1.54, 1.807) is 0 Å². The lowest BCUT2D eigenvalue weighted by atomic mass is 9.85. The molecule has 3 aliphatic heterocycles. The molecule has 152 valence electrons. The van der Waals surface area contributed by atoms with Crippen LogP contribution in [0.2, 0.25) is 0 Å². The molecule has 4 rings (SSSR count). The molecule has 0 aliphatic carbocycles. The summed E-state index contributed by atoms with van der Waals surface area (Å²) >= 11 is 0. The van der Waals surface area contributed by atoms with Crippen molar-refractivity contribution in [3.8, 4) is 0 Å². The van der Waals surface area contributed by atoms with Crippen LogP contribution in [0.25, 0.3) is 5.57 Å². The standard InChI is InChI=1S/C21H28N2O5/c1-13-6-7-16(15(3)14(13)2)18-19(24)21(8-10-22(26)11-9-21)23(20(18)25)28-17-5-4-12-27-17/h6-7,17,24,26H,4-5,8-12H2,1-3H3. The molecule has 3 aliphatic rings. The summed E-state index contributed by atoms with van der Waals surface area (Å²) in [5, 5.41) is 23.7. The summed E-state index contributed by atoms with van der Waals surface area (Å²) < 4.78 is 5.58.